The summed E-state index contributed by atoms with van der Waals surface area (Å²) in [6.07, 6.45) is 1.44. The summed E-state index contributed by atoms with van der Waals surface area (Å²) in [4.78, 5) is 11.1. The van der Waals surface area contributed by atoms with E-state index in [2.05, 4.69) is 31.1 Å². The zero-order valence-corrected chi connectivity index (χ0v) is 12.4. The van der Waals surface area contributed by atoms with Gasteiger partial charge in [0.2, 0.25) is 0 Å². The summed E-state index contributed by atoms with van der Waals surface area (Å²) in [6, 6.07) is 0. The van der Waals surface area contributed by atoms with E-state index in [1.165, 1.54) is 6.92 Å². The maximum absolute atomic E-state index is 11.1. The van der Waals surface area contributed by atoms with E-state index in [1.54, 1.807) is 0 Å². The van der Waals surface area contributed by atoms with E-state index in [-0.39, 0.29) is 12.1 Å². The molecule has 0 bridgehead atoms. The quantitative estimate of drug-likeness (QED) is 0.409. The molecular weight excluding hydrogens is 232 g/mol. The Labute approximate surface area is 105 Å². The lowest BCUT2D eigenvalue weighted by Gasteiger charge is -2.37. The van der Waals surface area contributed by atoms with Crippen molar-refractivity contribution in [3.05, 3.63) is 0 Å². The molecule has 1 aliphatic rings. The van der Waals surface area contributed by atoms with Crippen molar-refractivity contribution in [2.75, 3.05) is 6.61 Å². The zero-order chi connectivity index (χ0) is 13.1. The predicted octanol–water partition coefficient (Wildman–Crippen LogP) is 2.37. The molecule has 1 rings (SSSR count). The van der Waals surface area contributed by atoms with Crippen LogP contribution < -0.4 is 0 Å². The first-order chi connectivity index (χ1) is 7.73. The number of carbonyl (C=O) groups excluding carboxylic acids is 1. The van der Waals surface area contributed by atoms with Crippen molar-refractivity contribution in [1.82, 2.24) is 0 Å². The Morgan fingerprint density at radius 2 is 2.12 bits per heavy atom. The molecule has 0 radical (unpaired) electrons. The van der Waals surface area contributed by atoms with Crippen LogP contribution in [0.15, 0.2) is 0 Å². The van der Waals surface area contributed by atoms with Gasteiger partial charge in [0.1, 0.15) is 13.7 Å². The van der Waals surface area contributed by atoms with Gasteiger partial charge in [0, 0.05) is 13.5 Å². The van der Waals surface area contributed by atoms with Crippen molar-refractivity contribution in [2.45, 2.75) is 58.0 Å². The van der Waals surface area contributed by atoms with Gasteiger partial charge in [-0.1, -0.05) is 25.6 Å². The van der Waals surface area contributed by atoms with Crippen LogP contribution in [0.3, 0.4) is 0 Å². The molecule has 1 fully saturated rings. The molecule has 17 heavy (non-hydrogen) atoms. The van der Waals surface area contributed by atoms with Crippen molar-refractivity contribution in [1.29, 1.82) is 0 Å². The van der Waals surface area contributed by atoms with E-state index >= 15 is 0 Å². The van der Waals surface area contributed by atoms with E-state index in [1.807, 2.05) is 6.92 Å². The first kappa shape index (κ1) is 14.3. The van der Waals surface area contributed by atoms with Crippen LogP contribution in [0, 0.1) is 11.5 Å². The summed E-state index contributed by atoms with van der Waals surface area (Å²) in [7, 11) is -1.43. The molecular formula is C13H22O3Si. The molecule has 2 atom stereocenters. The summed E-state index contributed by atoms with van der Waals surface area (Å²) in [5, 5.41) is 0. The molecule has 1 aliphatic heterocycles. The average molecular weight is 254 g/mol. The van der Waals surface area contributed by atoms with Crippen molar-refractivity contribution >= 4 is 14.0 Å². The lowest BCUT2D eigenvalue weighted by atomic mass is 9.91. The van der Waals surface area contributed by atoms with Crippen LogP contribution in [0.25, 0.3) is 0 Å². The number of hydrogen-bond acceptors (Lipinski definition) is 3. The lowest BCUT2D eigenvalue weighted by molar-refractivity contribution is -0.176. The van der Waals surface area contributed by atoms with Crippen LogP contribution in [0.2, 0.25) is 19.6 Å². The second-order valence-corrected chi connectivity index (χ2v) is 10.5. The Bertz CT molecular complexity index is 348. The van der Waals surface area contributed by atoms with Crippen LogP contribution in [0.1, 0.15) is 26.7 Å². The molecule has 0 saturated carbocycles. The SMILES string of the molecule is CC(=O)O[C@]1(C)CCCO[C@@H]1C#C[Si](C)(C)C. The Morgan fingerprint density at radius 1 is 1.47 bits per heavy atom. The zero-order valence-electron chi connectivity index (χ0n) is 11.4. The van der Waals surface area contributed by atoms with Gasteiger partial charge < -0.3 is 9.47 Å². The Kier molecular flexibility index (Phi) is 4.40. The highest BCUT2D eigenvalue weighted by Gasteiger charge is 2.40. The van der Waals surface area contributed by atoms with Crippen molar-refractivity contribution in [3.8, 4) is 11.5 Å². The van der Waals surface area contributed by atoms with Gasteiger partial charge in [0.05, 0.1) is 0 Å². The summed E-state index contributed by atoms with van der Waals surface area (Å²) in [5.74, 6) is 2.90. The minimum Gasteiger partial charge on any atom is -0.456 e. The van der Waals surface area contributed by atoms with Gasteiger partial charge >= 0.3 is 5.97 Å². The fourth-order valence-electron chi connectivity index (χ4n) is 1.84. The first-order valence-electron chi connectivity index (χ1n) is 6.07. The first-order valence-corrected chi connectivity index (χ1v) is 9.57. The summed E-state index contributed by atoms with van der Waals surface area (Å²) < 4.78 is 11.1. The third-order valence-corrected chi connectivity index (χ3v) is 3.51. The molecule has 1 saturated heterocycles. The molecule has 4 heteroatoms. The molecule has 0 aromatic rings. The van der Waals surface area contributed by atoms with Crippen LogP contribution in [-0.2, 0) is 14.3 Å². The predicted molar refractivity (Wildman–Crippen MR) is 70.3 cm³/mol. The minimum atomic E-state index is -1.43. The van der Waals surface area contributed by atoms with Crippen molar-refractivity contribution in [3.63, 3.8) is 0 Å². The van der Waals surface area contributed by atoms with Gasteiger partial charge in [-0.3, -0.25) is 4.79 Å². The Morgan fingerprint density at radius 3 is 2.65 bits per heavy atom. The normalized spacial score (nSPS) is 29.1. The van der Waals surface area contributed by atoms with Gasteiger partial charge in [-0.05, 0) is 19.8 Å². The second-order valence-electron chi connectivity index (χ2n) is 5.78. The number of rotatable bonds is 1. The van der Waals surface area contributed by atoms with Gasteiger partial charge in [0.15, 0.2) is 6.10 Å². The largest absolute Gasteiger partial charge is 0.456 e. The molecule has 3 nitrogen and oxygen atoms in total. The van der Waals surface area contributed by atoms with E-state index in [0.717, 1.165) is 12.8 Å². The lowest BCUT2D eigenvalue weighted by Crippen LogP contribution is -2.47. The van der Waals surface area contributed by atoms with Crippen LogP contribution in [0.5, 0.6) is 0 Å². The Balaban J connectivity index is 2.85. The fraction of sp³-hybridized carbons (Fsp3) is 0.769. The molecule has 96 valence electrons. The average Bonchev–Trinajstić information content (AvgIpc) is 2.13. The third-order valence-electron chi connectivity index (χ3n) is 2.61. The van der Waals surface area contributed by atoms with Crippen LogP contribution in [0.4, 0.5) is 0 Å². The molecule has 1 heterocycles. The van der Waals surface area contributed by atoms with Gasteiger partial charge in [0.25, 0.3) is 0 Å². The standard InChI is InChI=1S/C13H22O3Si/c1-11(14)16-13(2)8-6-9-15-12(13)7-10-17(3,4)5/h12H,6,8-9H2,1-5H3/t12-,13-/m1/s1. The highest BCUT2D eigenvalue weighted by atomic mass is 28.3. The highest BCUT2D eigenvalue weighted by molar-refractivity contribution is 6.83. The molecule has 0 spiro atoms. The summed E-state index contributed by atoms with van der Waals surface area (Å²) >= 11 is 0. The van der Waals surface area contributed by atoms with E-state index in [0.29, 0.717) is 6.61 Å². The highest BCUT2D eigenvalue weighted by Crippen LogP contribution is 2.29. The van der Waals surface area contributed by atoms with Crippen LogP contribution in [-0.4, -0.2) is 32.4 Å². The van der Waals surface area contributed by atoms with Crippen molar-refractivity contribution < 1.29 is 14.3 Å². The molecule has 0 aromatic carbocycles. The second kappa shape index (κ2) is 5.24. The molecule has 0 amide bonds. The number of esters is 1. The van der Waals surface area contributed by atoms with Crippen LogP contribution >= 0.6 is 0 Å². The monoisotopic (exact) mass is 254 g/mol. The number of ether oxygens (including phenoxy) is 2. The fourth-order valence-corrected chi connectivity index (χ4v) is 2.41. The van der Waals surface area contributed by atoms with Gasteiger partial charge in [-0.15, -0.1) is 5.54 Å². The maximum Gasteiger partial charge on any atom is 0.303 e. The van der Waals surface area contributed by atoms with Crippen molar-refractivity contribution in [2.24, 2.45) is 0 Å². The molecule has 0 aromatic heterocycles. The molecule has 0 aliphatic carbocycles. The van der Waals surface area contributed by atoms with Gasteiger partial charge in [-0.2, -0.15) is 0 Å². The molecule has 0 unspecified atom stereocenters. The number of hydrogen-bond donors (Lipinski definition) is 0. The third kappa shape index (κ3) is 4.53. The molecule has 0 N–H and O–H groups in total. The summed E-state index contributed by atoms with van der Waals surface area (Å²) in [5.41, 5.74) is 2.71. The van der Waals surface area contributed by atoms with E-state index in [4.69, 9.17) is 9.47 Å². The van der Waals surface area contributed by atoms with E-state index < -0.39 is 13.7 Å². The Hall–Kier alpha value is -0.793. The topological polar surface area (TPSA) is 35.5 Å². The maximum atomic E-state index is 11.1. The van der Waals surface area contributed by atoms with E-state index in [9.17, 15) is 4.79 Å². The number of carbonyl (C=O) groups is 1. The van der Waals surface area contributed by atoms with Gasteiger partial charge in [-0.25, -0.2) is 0 Å². The smallest absolute Gasteiger partial charge is 0.303 e. The summed E-state index contributed by atoms with van der Waals surface area (Å²) in [6.45, 7) is 10.6. The minimum absolute atomic E-state index is 0.266.